The predicted octanol–water partition coefficient (Wildman–Crippen LogP) is 5.65. The van der Waals surface area contributed by atoms with Gasteiger partial charge in [0, 0.05) is 24.2 Å². The molecular weight excluding hydrogens is 390 g/mol. The van der Waals surface area contributed by atoms with Gasteiger partial charge in [-0.3, -0.25) is 4.99 Å². The second-order valence-corrected chi connectivity index (χ2v) is 7.56. The van der Waals surface area contributed by atoms with E-state index in [0.717, 1.165) is 72.1 Å². The third-order valence-corrected chi connectivity index (χ3v) is 5.07. The quantitative estimate of drug-likeness (QED) is 0.441. The summed E-state index contributed by atoms with van der Waals surface area (Å²) in [4.78, 5) is 4.86. The van der Waals surface area contributed by atoms with Gasteiger partial charge in [-0.25, -0.2) is 0 Å². The highest BCUT2D eigenvalue weighted by Crippen LogP contribution is 2.35. The first-order valence-electron chi connectivity index (χ1n) is 11.5. The number of ether oxygens (including phenoxy) is 4. The minimum Gasteiger partial charge on any atom is -0.490 e. The zero-order valence-corrected chi connectivity index (χ0v) is 19.3. The molecular formula is C26H35NO4. The summed E-state index contributed by atoms with van der Waals surface area (Å²) in [6.07, 6.45) is 3.58. The number of hydrogen-bond acceptors (Lipinski definition) is 5. The molecule has 0 amide bonds. The van der Waals surface area contributed by atoms with E-state index in [1.807, 2.05) is 19.9 Å². The van der Waals surface area contributed by atoms with Crippen molar-refractivity contribution in [2.45, 2.75) is 53.4 Å². The molecule has 1 heterocycles. The van der Waals surface area contributed by atoms with Crippen LogP contribution in [0, 0.1) is 0 Å². The molecule has 1 aliphatic heterocycles. The fourth-order valence-corrected chi connectivity index (χ4v) is 3.67. The van der Waals surface area contributed by atoms with Gasteiger partial charge in [-0.05, 0) is 68.5 Å². The van der Waals surface area contributed by atoms with Crippen molar-refractivity contribution in [3.05, 3.63) is 47.0 Å². The van der Waals surface area contributed by atoms with Crippen molar-refractivity contribution in [1.29, 1.82) is 0 Å². The van der Waals surface area contributed by atoms with Gasteiger partial charge in [0.15, 0.2) is 23.0 Å². The fraction of sp³-hybridized carbons (Fsp3) is 0.500. The molecule has 2 aromatic rings. The summed E-state index contributed by atoms with van der Waals surface area (Å²) in [7, 11) is 0. The van der Waals surface area contributed by atoms with E-state index in [2.05, 4.69) is 38.1 Å². The van der Waals surface area contributed by atoms with E-state index in [0.29, 0.717) is 26.4 Å². The molecule has 3 rings (SSSR count). The topological polar surface area (TPSA) is 49.3 Å². The Morgan fingerprint density at radius 2 is 1.39 bits per heavy atom. The zero-order chi connectivity index (χ0) is 22.1. The Labute approximate surface area is 186 Å². The normalized spacial score (nSPS) is 12.7. The van der Waals surface area contributed by atoms with Crippen LogP contribution in [0.4, 0.5) is 0 Å². The van der Waals surface area contributed by atoms with Crippen LogP contribution in [0.25, 0.3) is 0 Å². The number of hydrogen-bond donors (Lipinski definition) is 0. The molecule has 31 heavy (non-hydrogen) atoms. The monoisotopic (exact) mass is 425 g/mol. The average molecular weight is 426 g/mol. The Morgan fingerprint density at radius 1 is 0.742 bits per heavy atom. The molecule has 0 aliphatic carbocycles. The van der Waals surface area contributed by atoms with Crippen LogP contribution in [0.5, 0.6) is 23.0 Å². The third kappa shape index (κ3) is 5.93. The molecule has 168 valence electrons. The Kier molecular flexibility index (Phi) is 8.63. The first-order chi connectivity index (χ1) is 15.2. The molecule has 1 aliphatic rings. The van der Waals surface area contributed by atoms with E-state index in [9.17, 15) is 0 Å². The van der Waals surface area contributed by atoms with Gasteiger partial charge in [0.1, 0.15) is 0 Å². The lowest BCUT2D eigenvalue weighted by molar-refractivity contribution is 0.268. The summed E-state index contributed by atoms with van der Waals surface area (Å²) in [5, 5.41) is 0. The molecule has 0 saturated carbocycles. The minimum atomic E-state index is 0.603. The average Bonchev–Trinajstić information content (AvgIpc) is 2.78. The van der Waals surface area contributed by atoms with Crippen LogP contribution in [0.2, 0.25) is 0 Å². The molecule has 0 aromatic heterocycles. The van der Waals surface area contributed by atoms with Crippen LogP contribution in [-0.4, -0.2) is 38.7 Å². The van der Waals surface area contributed by atoms with E-state index < -0.39 is 0 Å². The summed E-state index contributed by atoms with van der Waals surface area (Å²) in [5.74, 6) is 3.22. The third-order valence-electron chi connectivity index (χ3n) is 5.07. The Hall–Kier alpha value is -2.69. The van der Waals surface area contributed by atoms with Gasteiger partial charge in [-0.1, -0.05) is 19.9 Å². The summed E-state index contributed by atoms with van der Waals surface area (Å²) < 4.78 is 23.5. The second-order valence-electron chi connectivity index (χ2n) is 7.56. The Bertz CT molecular complexity index is 891. The van der Waals surface area contributed by atoms with Crippen molar-refractivity contribution in [3.8, 4) is 23.0 Å². The van der Waals surface area contributed by atoms with E-state index in [-0.39, 0.29) is 0 Å². The first-order valence-corrected chi connectivity index (χ1v) is 11.5. The lowest BCUT2D eigenvalue weighted by Crippen LogP contribution is -2.16. The highest BCUT2D eigenvalue weighted by molar-refractivity contribution is 6.04. The summed E-state index contributed by atoms with van der Waals surface area (Å²) in [6, 6.07) is 10.4. The van der Waals surface area contributed by atoms with Crippen LogP contribution < -0.4 is 18.9 Å². The molecule has 5 heteroatoms. The maximum Gasteiger partial charge on any atom is 0.161 e. The van der Waals surface area contributed by atoms with Crippen LogP contribution in [0.1, 0.15) is 57.2 Å². The highest BCUT2D eigenvalue weighted by Gasteiger charge is 2.20. The lowest BCUT2D eigenvalue weighted by atomic mass is 9.93. The molecule has 0 N–H and O–H groups in total. The number of aliphatic imine (C=N–C) groups is 1. The molecule has 0 bridgehead atoms. The largest absolute Gasteiger partial charge is 0.490 e. The van der Waals surface area contributed by atoms with Gasteiger partial charge in [0.05, 0.1) is 26.4 Å². The maximum atomic E-state index is 6.03. The zero-order valence-electron chi connectivity index (χ0n) is 19.3. The smallest absolute Gasteiger partial charge is 0.161 e. The van der Waals surface area contributed by atoms with Gasteiger partial charge in [0.25, 0.3) is 0 Å². The van der Waals surface area contributed by atoms with E-state index in [1.54, 1.807) is 0 Å². The minimum absolute atomic E-state index is 0.603. The van der Waals surface area contributed by atoms with Crippen molar-refractivity contribution in [2.75, 3.05) is 33.0 Å². The van der Waals surface area contributed by atoms with Crippen molar-refractivity contribution in [2.24, 2.45) is 4.99 Å². The van der Waals surface area contributed by atoms with Crippen molar-refractivity contribution in [1.82, 2.24) is 0 Å². The number of nitrogens with zero attached hydrogens (tertiary/aromatic N) is 1. The SMILES string of the molecule is CCCOc1cc2c(cc1OCCC)C(Cc1ccc(OCC)c(OCC)c1)=NCC2. The maximum absolute atomic E-state index is 6.03. The molecule has 0 spiro atoms. The number of benzene rings is 2. The summed E-state index contributed by atoms with van der Waals surface area (Å²) in [6.45, 7) is 11.6. The van der Waals surface area contributed by atoms with E-state index in [4.69, 9.17) is 23.9 Å². The molecule has 0 unspecified atom stereocenters. The van der Waals surface area contributed by atoms with Gasteiger partial charge in [0.2, 0.25) is 0 Å². The van der Waals surface area contributed by atoms with Crippen molar-refractivity contribution in [3.63, 3.8) is 0 Å². The summed E-state index contributed by atoms with van der Waals surface area (Å²) in [5.41, 5.74) is 4.67. The molecule has 0 atom stereocenters. The summed E-state index contributed by atoms with van der Waals surface area (Å²) >= 11 is 0. The lowest BCUT2D eigenvalue weighted by Gasteiger charge is -2.21. The van der Waals surface area contributed by atoms with E-state index >= 15 is 0 Å². The molecule has 2 aromatic carbocycles. The van der Waals surface area contributed by atoms with Gasteiger partial charge >= 0.3 is 0 Å². The van der Waals surface area contributed by atoms with Gasteiger partial charge < -0.3 is 18.9 Å². The molecule has 5 nitrogen and oxygen atoms in total. The second kappa shape index (κ2) is 11.6. The van der Waals surface area contributed by atoms with Crippen molar-refractivity contribution < 1.29 is 18.9 Å². The van der Waals surface area contributed by atoms with Crippen LogP contribution in [0.15, 0.2) is 35.3 Å². The van der Waals surface area contributed by atoms with E-state index in [1.165, 1.54) is 5.56 Å². The molecule has 0 radical (unpaired) electrons. The number of fused-ring (bicyclic) bond motifs is 1. The van der Waals surface area contributed by atoms with Crippen LogP contribution >= 0.6 is 0 Å². The Morgan fingerprint density at radius 3 is 2.06 bits per heavy atom. The standard InChI is InChI=1S/C26H35NO4/c1-5-13-30-25-17-20-11-12-27-22(21(20)18-26(25)31-14-6-2)15-19-9-10-23(28-7-3)24(16-19)29-8-4/h9-10,16-18H,5-8,11-15H2,1-4H3. The van der Waals surface area contributed by atoms with Crippen LogP contribution in [0.3, 0.4) is 0 Å². The first kappa shape index (κ1) is 23.0. The predicted molar refractivity (Wildman–Crippen MR) is 126 cm³/mol. The molecule has 0 fully saturated rings. The van der Waals surface area contributed by atoms with Gasteiger partial charge in [-0.2, -0.15) is 0 Å². The van der Waals surface area contributed by atoms with Crippen molar-refractivity contribution >= 4 is 5.71 Å². The fourth-order valence-electron chi connectivity index (χ4n) is 3.67. The van der Waals surface area contributed by atoms with Crippen LogP contribution in [-0.2, 0) is 12.8 Å². The number of rotatable bonds is 12. The Balaban J connectivity index is 1.89. The molecule has 0 saturated heterocycles. The highest BCUT2D eigenvalue weighted by atomic mass is 16.5. The van der Waals surface area contributed by atoms with Gasteiger partial charge in [-0.15, -0.1) is 0 Å².